The molecule has 102 valence electrons. The molecule has 0 aromatic heterocycles. The molecule has 1 nitrogen and oxygen atoms in total. The molecular formula is C13H24F3N. The van der Waals surface area contributed by atoms with Crippen molar-refractivity contribution in [1.29, 1.82) is 0 Å². The quantitative estimate of drug-likeness (QED) is 0.724. The van der Waals surface area contributed by atoms with E-state index in [1.54, 1.807) is 0 Å². The Balaban J connectivity index is 2.07. The molecule has 17 heavy (non-hydrogen) atoms. The lowest BCUT2D eigenvalue weighted by molar-refractivity contribution is -0.135. The molecular weight excluding hydrogens is 227 g/mol. The van der Waals surface area contributed by atoms with Crippen LogP contribution in [0.5, 0.6) is 0 Å². The first-order valence-electron chi connectivity index (χ1n) is 6.68. The highest BCUT2D eigenvalue weighted by Crippen LogP contribution is 2.29. The zero-order chi connectivity index (χ0) is 12.9. The first-order chi connectivity index (χ1) is 7.88. The van der Waals surface area contributed by atoms with E-state index in [0.29, 0.717) is 12.6 Å². The Hall–Kier alpha value is -0.250. The van der Waals surface area contributed by atoms with Gasteiger partial charge in [0.2, 0.25) is 0 Å². The highest BCUT2D eigenvalue weighted by atomic mass is 19.4. The van der Waals surface area contributed by atoms with Crippen LogP contribution in [0.15, 0.2) is 0 Å². The van der Waals surface area contributed by atoms with Crippen molar-refractivity contribution in [1.82, 2.24) is 5.32 Å². The van der Waals surface area contributed by atoms with Crippen molar-refractivity contribution in [3.63, 3.8) is 0 Å². The van der Waals surface area contributed by atoms with Crippen molar-refractivity contribution in [3.8, 4) is 0 Å². The van der Waals surface area contributed by atoms with E-state index in [1.807, 2.05) is 0 Å². The highest BCUT2D eigenvalue weighted by Gasteiger charge is 2.26. The van der Waals surface area contributed by atoms with Crippen LogP contribution in [-0.2, 0) is 0 Å². The van der Waals surface area contributed by atoms with E-state index in [4.69, 9.17) is 0 Å². The van der Waals surface area contributed by atoms with Crippen molar-refractivity contribution in [2.24, 2.45) is 11.8 Å². The smallest absolute Gasteiger partial charge is 0.314 e. The molecule has 0 saturated heterocycles. The highest BCUT2D eigenvalue weighted by molar-refractivity contribution is 4.78. The summed E-state index contributed by atoms with van der Waals surface area (Å²) in [6.45, 7) is 5.00. The summed E-state index contributed by atoms with van der Waals surface area (Å²) in [5.74, 6) is 1.55. The number of rotatable bonds is 5. The summed E-state index contributed by atoms with van der Waals surface area (Å²) in [7, 11) is 0. The standard InChI is InChI=1S/C13H24F3N/c1-10(2)11-4-6-12(7-5-11)17-9-3-8-13(14,15)16/h10-12,17H,3-9H2,1-2H3. The van der Waals surface area contributed by atoms with E-state index in [0.717, 1.165) is 24.7 Å². The summed E-state index contributed by atoms with van der Waals surface area (Å²) in [6.07, 6.45) is 0.207. The minimum atomic E-state index is -4.00. The van der Waals surface area contributed by atoms with E-state index in [-0.39, 0.29) is 6.42 Å². The maximum absolute atomic E-state index is 11.9. The molecule has 1 aliphatic rings. The van der Waals surface area contributed by atoms with Crippen molar-refractivity contribution < 1.29 is 13.2 Å². The molecule has 1 fully saturated rings. The van der Waals surface area contributed by atoms with Crippen LogP contribution < -0.4 is 5.32 Å². The van der Waals surface area contributed by atoms with Gasteiger partial charge in [0.15, 0.2) is 0 Å². The summed E-state index contributed by atoms with van der Waals surface area (Å²) in [5.41, 5.74) is 0. The number of hydrogen-bond donors (Lipinski definition) is 1. The molecule has 0 unspecified atom stereocenters. The first-order valence-corrected chi connectivity index (χ1v) is 6.68. The fourth-order valence-electron chi connectivity index (χ4n) is 2.59. The van der Waals surface area contributed by atoms with Gasteiger partial charge in [-0.05, 0) is 50.5 Å². The number of nitrogens with one attached hydrogen (secondary N) is 1. The van der Waals surface area contributed by atoms with Crippen LogP contribution in [0, 0.1) is 11.8 Å². The zero-order valence-corrected chi connectivity index (χ0v) is 10.8. The van der Waals surface area contributed by atoms with Crippen LogP contribution in [0.25, 0.3) is 0 Å². The maximum atomic E-state index is 11.9. The van der Waals surface area contributed by atoms with Crippen LogP contribution in [-0.4, -0.2) is 18.8 Å². The SMILES string of the molecule is CC(C)C1CCC(NCCCC(F)(F)F)CC1. The molecule has 0 atom stereocenters. The number of alkyl halides is 3. The van der Waals surface area contributed by atoms with E-state index < -0.39 is 12.6 Å². The van der Waals surface area contributed by atoms with Crippen molar-refractivity contribution in [2.45, 2.75) is 64.6 Å². The van der Waals surface area contributed by atoms with Gasteiger partial charge in [-0.25, -0.2) is 0 Å². The lowest BCUT2D eigenvalue weighted by Crippen LogP contribution is -2.35. The fourth-order valence-corrected chi connectivity index (χ4v) is 2.59. The minimum Gasteiger partial charge on any atom is -0.314 e. The second kappa shape index (κ2) is 6.62. The summed E-state index contributed by atoms with van der Waals surface area (Å²) < 4.78 is 35.8. The molecule has 1 aliphatic carbocycles. The maximum Gasteiger partial charge on any atom is 0.389 e. The third-order valence-corrected chi connectivity index (χ3v) is 3.78. The normalized spacial score (nSPS) is 26.5. The molecule has 0 heterocycles. The van der Waals surface area contributed by atoms with Crippen LogP contribution in [0.2, 0.25) is 0 Å². The van der Waals surface area contributed by atoms with Gasteiger partial charge in [-0.2, -0.15) is 13.2 Å². The average Bonchev–Trinajstić information content (AvgIpc) is 2.24. The Kier molecular flexibility index (Phi) is 5.77. The van der Waals surface area contributed by atoms with E-state index in [2.05, 4.69) is 19.2 Å². The summed E-state index contributed by atoms with van der Waals surface area (Å²) in [6, 6.07) is 0.443. The predicted molar refractivity (Wildman–Crippen MR) is 63.9 cm³/mol. The van der Waals surface area contributed by atoms with Gasteiger partial charge in [-0.1, -0.05) is 13.8 Å². The number of hydrogen-bond acceptors (Lipinski definition) is 1. The molecule has 0 aliphatic heterocycles. The molecule has 1 rings (SSSR count). The topological polar surface area (TPSA) is 12.0 Å². The minimum absolute atomic E-state index is 0.202. The lowest BCUT2D eigenvalue weighted by atomic mass is 9.80. The Bertz CT molecular complexity index is 205. The Labute approximate surface area is 102 Å². The van der Waals surface area contributed by atoms with Gasteiger partial charge in [0.1, 0.15) is 0 Å². The van der Waals surface area contributed by atoms with Crippen molar-refractivity contribution in [3.05, 3.63) is 0 Å². The molecule has 4 heteroatoms. The zero-order valence-electron chi connectivity index (χ0n) is 10.8. The van der Waals surface area contributed by atoms with Crippen molar-refractivity contribution in [2.75, 3.05) is 6.54 Å². The summed E-state index contributed by atoms with van der Waals surface area (Å²) >= 11 is 0. The molecule has 0 spiro atoms. The van der Waals surface area contributed by atoms with Crippen LogP contribution in [0.4, 0.5) is 13.2 Å². The largest absolute Gasteiger partial charge is 0.389 e. The molecule has 0 radical (unpaired) electrons. The third-order valence-electron chi connectivity index (χ3n) is 3.78. The average molecular weight is 251 g/mol. The van der Waals surface area contributed by atoms with E-state index >= 15 is 0 Å². The molecule has 1 saturated carbocycles. The fraction of sp³-hybridized carbons (Fsp3) is 1.00. The van der Waals surface area contributed by atoms with E-state index in [1.165, 1.54) is 12.8 Å². The van der Waals surface area contributed by atoms with Crippen LogP contribution >= 0.6 is 0 Å². The second-order valence-corrected chi connectivity index (χ2v) is 5.53. The summed E-state index contributed by atoms with van der Waals surface area (Å²) in [5, 5.41) is 3.25. The molecule has 0 aromatic rings. The second-order valence-electron chi connectivity index (χ2n) is 5.53. The van der Waals surface area contributed by atoms with Gasteiger partial charge in [0.25, 0.3) is 0 Å². The Morgan fingerprint density at radius 3 is 2.18 bits per heavy atom. The van der Waals surface area contributed by atoms with Crippen molar-refractivity contribution >= 4 is 0 Å². The number of halogens is 3. The van der Waals surface area contributed by atoms with Gasteiger partial charge in [-0.3, -0.25) is 0 Å². The monoisotopic (exact) mass is 251 g/mol. The van der Waals surface area contributed by atoms with Gasteiger partial charge in [0, 0.05) is 12.5 Å². The van der Waals surface area contributed by atoms with Crippen LogP contribution in [0.3, 0.4) is 0 Å². The Morgan fingerprint density at radius 1 is 1.12 bits per heavy atom. The summed E-state index contributed by atoms with van der Waals surface area (Å²) in [4.78, 5) is 0. The lowest BCUT2D eigenvalue weighted by Gasteiger charge is -2.31. The molecule has 0 bridgehead atoms. The van der Waals surface area contributed by atoms with Gasteiger partial charge < -0.3 is 5.32 Å². The van der Waals surface area contributed by atoms with Gasteiger partial charge in [-0.15, -0.1) is 0 Å². The predicted octanol–water partition coefficient (Wildman–Crippen LogP) is 4.13. The first kappa shape index (κ1) is 14.8. The van der Waals surface area contributed by atoms with Gasteiger partial charge >= 0.3 is 6.18 Å². The van der Waals surface area contributed by atoms with E-state index in [9.17, 15) is 13.2 Å². The third kappa shape index (κ3) is 6.29. The van der Waals surface area contributed by atoms with Gasteiger partial charge in [0.05, 0.1) is 0 Å². The van der Waals surface area contributed by atoms with Crippen LogP contribution in [0.1, 0.15) is 52.4 Å². The molecule has 0 aromatic carbocycles. The molecule has 0 amide bonds. The molecule has 1 N–H and O–H groups in total. The Morgan fingerprint density at radius 2 is 1.71 bits per heavy atom.